The van der Waals surface area contributed by atoms with Crippen molar-refractivity contribution in [1.29, 1.82) is 0 Å². The van der Waals surface area contributed by atoms with Crippen molar-refractivity contribution in [1.82, 2.24) is 0 Å². The standard InChI is InChI=1S/C28H32BrP.C18H15P.C11H18.C10H18O.Al.BrH.Li.4H/c1-23-14-13-21-28(2,3)27(23)22-30(29,24-15-7-4-8-16-24,25-17-9-5-10-18-25)26-19-11-6-12-20-26;1-4-10-16(11-5-1)19(17-12-6-2-7-13-17)18-14-8-3-9-15-18;1-5-10-9(2)7-6-8-11(10,3)4;1-8-5-4-6-10(2,3)9(8)7-11;;;;;;;/h4-12,15-20H,13-14,21-22H2,1-3H3;1-15H;5H,1,6-8H2,2-4H3;11H,4-7H2,1-3H3;;1H;;;;;/q;;;;;;+1;;;;-1. The third-order valence-corrected chi connectivity index (χ3v) is 27.6. The van der Waals surface area contributed by atoms with E-state index in [0.717, 1.165) is 6.16 Å². The second kappa shape index (κ2) is 29.8. The minimum absolute atomic E-state index is 0. The maximum atomic E-state index is 9.14. The fourth-order valence-electron chi connectivity index (χ4n) is 11.6. The molecule has 0 amide bonds. The third-order valence-electron chi connectivity index (χ3n) is 15.7. The number of hydrogen-bond acceptors (Lipinski definition) is 1. The van der Waals surface area contributed by atoms with Gasteiger partial charge in [-0.25, -0.2) is 0 Å². The van der Waals surface area contributed by atoms with Gasteiger partial charge in [0.1, 0.15) is 0 Å². The Bertz CT molecular complexity index is 2540. The van der Waals surface area contributed by atoms with E-state index >= 15 is 0 Å². The summed E-state index contributed by atoms with van der Waals surface area (Å²) in [6, 6.07) is 65.8. The van der Waals surface area contributed by atoms with Gasteiger partial charge < -0.3 is 6.53 Å². The zero-order chi connectivity index (χ0) is 51.2. The van der Waals surface area contributed by atoms with Gasteiger partial charge in [-0.3, -0.25) is 0 Å². The first-order valence-electron chi connectivity index (χ1n) is 26.1. The van der Waals surface area contributed by atoms with Gasteiger partial charge in [0.05, 0.1) is 6.61 Å². The molecule has 1 nitrogen and oxygen atoms in total. The van der Waals surface area contributed by atoms with Crippen LogP contribution in [0.3, 0.4) is 0 Å². The number of allylic oxidation sites excluding steroid dienone is 6. The maximum Gasteiger partial charge on any atom is 1.00 e. The Kier molecular flexibility index (Phi) is 26.4. The second-order valence-corrected chi connectivity index (χ2v) is 33.1. The Morgan fingerprint density at radius 3 is 1.04 bits per heavy atom. The van der Waals surface area contributed by atoms with Crippen molar-refractivity contribution in [2.75, 3.05) is 12.8 Å². The molecule has 0 bridgehead atoms. The first kappa shape index (κ1) is 65.5. The van der Waals surface area contributed by atoms with Crippen molar-refractivity contribution in [2.24, 2.45) is 16.2 Å². The number of aliphatic hydroxyl groups excluding tert-OH is 1. The van der Waals surface area contributed by atoms with E-state index < -0.39 is 13.2 Å². The van der Waals surface area contributed by atoms with Crippen molar-refractivity contribution >= 4 is 94.9 Å². The molecule has 0 atom stereocenters. The Balaban J connectivity index is 0.000000368. The molecule has 0 saturated heterocycles. The molecule has 0 heterocycles. The van der Waals surface area contributed by atoms with Crippen LogP contribution >= 0.6 is 45.7 Å². The zero-order valence-corrected chi connectivity index (χ0v) is 51.1. The predicted octanol–water partition coefficient (Wildman–Crippen LogP) is 13.5. The molecule has 9 rings (SSSR count). The summed E-state index contributed by atoms with van der Waals surface area (Å²) in [6.45, 7) is 24.8. The van der Waals surface area contributed by atoms with Gasteiger partial charge in [-0.15, -0.1) is 17.0 Å². The van der Waals surface area contributed by atoms with Crippen LogP contribution in [0.1, 0.15) is 122 Å². The summed E-state index contributed by atoms with van der Waals surface area (Å²) < 4.78 is 0. The maximum absolute atomic E-state index is 9.14. The first-order valence-corrected chi connectivity index (χ1v) is 31.9. The molecule has 0 radical (unpaired) electrons. The predicted molar refractivity (Wildman–Crippen MR) is 344 cm³/mol. The Hall–Kier alpha value is -2.81. The molecule has 6 aromatic carbocycles. The van der Waals surface area contributed by atoms with Crippen LogP contribution in [0.4, 0.5) is 0 Å². The normalized spacial score (nSPS) is 17.1. The molecular weight excluding hydrogens is 1080 g/mol. The summed E-state index contributed by atoms with van der Waals surface area (Å²) >= 11 is 4.63. The topological polar surface area (TPSA) is 20.2 Å². The summed E-state index contributed by atoms with van der Waals surface area (Å²) in [7, 11) is -0.446. The van der Waals surface area contributed by atoms with Crippen molar-refractivity contribution < 1.29 is 25.4 Å². The molecule has 0 fully saturated rings. The average molecular weight is 1170 g/mol. The van der Waals surface area contributed by atoms with Crippen LogP contribution in [0.15, 0.2) is 228 Å². The van der Waals surface area contributed by atoms with E-state index in [-0.39, 0.29) is 72.1 Å². The molecule has 0 saturated carbocycles. The van der Waals surface area contributed by atoms with Crippen molar-refractivity contribution in [2.45, 2.75) is 120 Å². The van der Waals surface area contributed by atoms with Gasteiger partial charge in [0.15, 0.2) is 17.4 Å². The second-order valence-electron chi connectivity index (χ2n) is 22.0. The molecule has 390 valence electrons. The summed E-state index contributed by atoms with van der Waals surface area (Å²) in [6.07, 6.45) is 14.5. The summed E-state index contributed by atoms with van der Waals surface area (Å²) in [5.41, 5.74) is 9.76. The molecule has 0 unspecified atom stereocenters. The Morgan fingerprint density at radius 1 is 0.500 bits per heavy atom. The molecule has 3 aliphatic carbocycles. The quantitative estimate of drug-likeness (QED) is 0.0823. The molecule has 0 aliphatic heterocycles. The first-order chi connectivity index (χ1) is 34.0. The van der Waals surface area contributed by atoms with Gasteiger partial charge in [-0.2, -0.15) is 0 Å². The summed E-state index contributed by atoms with van der Waals surface area (Å²) in [5, 5.41) is 14.6. The van der Waals surface area contributed by atoms with Crippen LogP contribution in [0, 0.1) is 16.2 Å². The summed E-state index contributed by atoms with van der Waals surface area (Å²) in [4.78, 5) is 0. The van der Waals surface area contributed by atoms with Crippen LogP contribution < -0.4 is 50.7 Å². The van der Waals surface area contributed by atoms with Crippen molar-refractivity contribution in [3.8, 4) is 0 Å². The molecule has 0 aromatic heterocycles. The number of benzene rings is 6. The smallest absolute Gasteiger partial charge is 1.00 e. The van der Waals surface area contributed by atoms with E-state index in [1.807, 2.05) is 6.08 Å². The van der Waals surface area contributed by atoms with Crippen LogP contribution in [0.2, 0.25) is 0 Å². The van der Waals surface area contributed by atoms with E-state index in [1.165, 1.54) is 112 Å². The Labute approximate surface area is 493 Å². The van der Waals surface area contributed by atoms with Gasteiger partial charge >= 0.3 is 209 Å². The van der Waals surface area contributed by atoms with Crippen molar-refractivity contribution in [3.63, 3.8) is 0 Å². The van der Waals surface area contributed by atoms with E-state index in [1.54, 1.807) is 11.1 Å². The summed E-state index contributed by atoms with van der Waals surface area (Å²) in [5.74, 6) is 0. The average Bonchev–Trinajstić information content (AvgIpc) is 3.37. The number of rotatable bonds is 10. The molecule has 7 heteroatoms. The molecule has 74 heavy (non-hydrogen) atoms. The minimum atomic E-state index is -2.91. The minimum Gasteiger partial charge on any atom is -1.00 e. The monoisotopic (exact) mass is 1160 g/mol. The molecule has 0 spiro atoms. The third kappa shape index (κ3) is 15.9. The van der Waals surface area contributed by atoms with Crippen LogP contribution in [0.5, 0.6) is 0 Å². The van der Waals surface area contributed by atoms with Crippen LogP contribution in [0.25, 0.3) is 0 Å². The van der Waals surface area contributed by atoms with Gasteiger partial charge in [0.25, 0.3) is 0 Å². The van der Waals surface area contributed by atoms with E-state index in [2.05, 4.69) is 266 Å². The van der Waals surface area contributed by atoms with Crippen molar-refractivity contribution in [3.05, 3.63) is 228 Å². The fourth-order valence-corrected chi connectivity index (χ4v) is 21.9. The number of hydrogen-bond donors (Lipinski definition) is 1. The van der Waals surface area contributed by atoms with Gasteiger partial charge in [-0.1, -0.05) is 142 Å². The fraction of sp³-hybridized carbons (Fsp3) is 0.343. The van der Waals surface area contributed by atoms with E-state index in [0.29, 0.717) is 5.41 Å². The molecule has 1 N–H and O–H groups in total. The Morgan fingerprint density at radius 2 is 0.784 bits per heavy atom. The largest absolute Gasteiger partial charge is 1.00 e. The van der Waals surface area contributed by atoms with Gasteiger partial charge in [0.2, 0.25) is 0 Å². The molecule has 3 aliphatic rings. The molecule has 6 aromatic rings. The van der Waals surface area contributed by atoms with Gasteiger partial charge in [-0.05, 0) is 98.2 Å². The molecular formula is C67H88AlBr2LiOP2. The van der Waals surface area contributed by atoms with Gasteiger partial charge in [0, 0.05) is 0 Å². The van der Waals surface area contributed by atoms with E-state index in [4.69, 9.17) is 5.11 Å². The van der Waals surface area contributed by atoms with Crippen LogP contribution in [-0.2, 0) is 0 Å². The SMILES string of the molecule is Br.C=CC1=C(C)CCCC1(C)C.CC1=C(CO)C(C)(C)CCC1.CC1=C(CP(Br)(c2ccccc2)(c2ccccc2)c2ccccc2)C(C)(C)CCC1.[AlH3].[H-].[Li+].c1ccc(P(c2ccccc2)c2ccccc2)cc1. The van der Waals surface area contributed by atoms with Crippen LogP contribution in [-0.4, -0.2) is 35.2 Å². The zero-order valence-electron chi connectivity index (χ0n) is 47.0. The number of aliphatic hydroxyl groups is 1. The number of halogens is 2. The van der Waals surface area contributed by atoms with E-state index in [9.17, 15) is 0 Å².